The molecule has 4 nitrogen and oxygen atoms in total. The highest BCUT2D eigenvalue weighted by atomic mass is 79.9. The van der Waals surface area contributed by atoms with E-state index in [1.807, 2.05) is 6.20 Å². The fraction of sp³-hybridized carbons (Fsp3) is 0.412. The van der Waals surface area contributed by atoms with Crippen molar-refractivity contribution in [3.8, 4) is 0 Å². The van der Waals surface area contributed by atoms with Gasteiger partial charge in [0.25, 0.3) is 0 Å². The van der Waals surface area contributed by atoms with E-state index in [1.165, 1.54) is 5.56 Å². The molecule has 0 aliphatic carbocycles. The lowest BCUT2D eigenvalue weighted by atomic mass is 10.2. The van der Waals surface area contributed by atoms with Crippen molar-refractivity contribution in [3.05, 3.63) is 52.9 Å². The summed E-state index contributed by atoms with van der Waals surface area (Å²) in [4.78, 5) is 13.7. The molecule has 0 N–H and O–H groups in total. The summed E-state index contributed by atoms with van der Waals surface area (Å²) >= 11 is 3.35. The van der Waals surface area contributed by atoms with E-state index in [2.05, 4.69) is 73.0 Å². The third-order valence-corrected chi connectivity index (χ3v) is 4.49. The lowest BCUT2D eigenvalue weighted by Crippen LogP contribution is -2.39. The topological polar surface area (TPSA) is 32.3 Å². The number of aromatic nitrogens is 2. The number of benzene rings is 1. The zero-order valence-corrected chi connectivity index (χ0v) is 14.4. The number of nitrogens with zero attached hydrogens (tertiary/aromatic N) is 4. The summed E-state index contributed by atoms with van der Waals surface area (Å²) in [6.07, 6.45) is 4.77. The molecule has 1 aromatic heterocycles. The summed E-state index contributed by atoms with van der Waals surface area (Å²) in [5.74, 6) is 0.970. The second-order valence-corrected chi connectivity index (χ2v) is 6.63. The van der Waals surface area contributed by atoms with Crippen molar-refractivity contribution in [2.24, 2.45) is 0 Å². The second-order valence-electron chi connectivity index (χ2n) is 5.81. The normalized spacial score (nSPS) is 19.9. The van der Waals surface area contributed by atoms with Crippen molar-refractivity contribution in [2.45, 2.75) is 25.9 Å². The van der Waals surface area contributed by atoms with Crippen LogP contribution in [-0.4, -0.2) is 40.5 Å². The average molecular weight is 361 g/mol. The van der Waals surface area contributed by atoms with Crippen molar-refractivity contribution in [1.29, 1.82) is 0 Å². The Morgan fingerprint density at radius 1 is 1.14 bits per heavy atom. The SMILES string of the molecule is CC1CN(Cc2ccccc2)CCCN1c1cnc(Br)cn1. The summed E-state index contributed by atoms with van der Waals surface area (Å²) in [6.45, 7) is 6.49. The van der Waals surface area contributed by atoms with Crippen LogP contribution in [0.25, 0.3) is 0 Å². The second kappa shape index (κ2) is 7.20. The third-order valence-electron chi connectivity index (χ3n) is 4.08. The molecule has 2 heterocycles. The molecule has 3 rings (SSSR count). The highest BCUT2D eigenvalue weighted by Gasteiger charge is 2.22. The number of hydrogen-bond donors (Lipinski definition) is 0. The number of hydrogen-bond acceptors (Lipinski definition) is 4. The molecule has 1 aliphatic heterocycles. The number of halogens is 1. The predicted molar refractivity (Wildman–Crippen MR) is 92.9 cm³/mol. The van der Waals surface area contributed by atoms with Crippen LogP contribution in [0.2, 0.25) is 0 Å². The molecular formula is C17H21BrN4. The van der Waals surface area contributed by atoms with Gasteiger partial charge >= 0.3 is 0 Å². The van der Waals surface area contributed by atoms with Gasteiger partial charge in [0.1, 0.15) is 10.4 Å². The summed E-state index contributed by atoms with van der Waals surface area (Å²) in [5.41, 5.74) is 1.38. The molecule has 1 aliphatic rings. The Labute approximate surface area is 140 Å². The van der Waals surface area contributed by atoms with Gasteiger partial charge in [0, 0.05) is 32.2 Å². The Balaban J connectivity index is 1.67. The van der Waals surface area contributed by atoms with Crippen molar-refractivity contribution >= 4 is 21.7 Å². The molecule has 1 fully saturated rings. The fourth-order valence-electron chi connectivity index (χ4n) is 3.03. The predicted octanol–water partition coefficient (Wildman–Crippen LogP) is 3.34. The van der Waals surface area contributed by atoms with Crippen LogP contribution < -0.4 is 4.90 Å². The first kappa shape index (κ1) is 15.4. The Hall–Kier alpha value is -1.46. The van der Waals surface area contributed by atoms with Crippen LogP contribution in [0.15, 0.2) is 47.3 Å². The van der Waals surface area contributed by atoms with Gasteiger partial charge in [-0.25, -0.2) is 9.97 Å². The average Bonchev–Trinajstić information content (AvgIpc) is 2.71. The Morgan fingerprint density at radius 3 is 2.68 bits per heavy atom. The fourth-order valence-corrected chi connectivity index (χ4v) is 3.23. The van der Waals surface area contributed by atoms with Gasteiger partial charge in [-0.15, -0.1) is 0 Å². The van der Waals surface area contributed by atoms with E-state index in [-0.39, 0.29) is 0 Å². The molecule has 1 atom stereocenters. The highest BCUT2D eigenvalue weighted by molar-refractivity contribution is 9.10. The summed E-state index contributed by atoms with van der Waals surface area (Å²) < 4.78 is 0.782. The molecule has 0 bridgehead atoms. The summed E-state index contributed by atoms with van der Waals surface area (Å²) in [5, 5.41) is 0. The van der Waals surface area contributed by atoms with Gasteiger partial charge in [0.15, 0.2) is 0 Å². The number of anilines is 1. The van der Waals surface area contributed by atoms with Crippen LogP contribution in [-0.2, 0) is 6.54 Å². The molecule has 22 heavy (non-hydrogen) atoms. The third kappa shape index (κ3) is 3.84. The minimum absolute atomic E-state index is 0.432. The smallest absolute Gasteiger partial charge is 0.147 e. The quantitative estimate of drug-likeness (QED) is 0.840. The van der Waals surface area contributed by atoms with E-state index in [0.717, 1.165) is 43.0 Å². The molecule has 1 saturated heterocycles. The van der Waals surface area contributed by atoms with Crippen LogP contribution in [0.5, 0.6) is 0 Å². The van der Waals surface area contributed by atoms with Crippen molar-refractivity contribution in [1.82, 2.24) is 14.9 Å². The van der Waals surface area contributed by atoms with Crippen LogP contribution >= 0.6 is 15.9 Å². The van der Waals surface area contributed by atoms with Gasteiger partial charge < -0.3 is 4.90 Å². The van der Waals surface area contributed by atoms with Gasteiger partial charge in [0.2, 0.25) is 0 Å². The lowest BCUT2D eigenvalue weighted by Gasteiger charge is -2.29. The molecule has 116 valence electrons. The minimum Gasteiger partial charge on any atom is -0.351 e. The van der Waals surface area contributed by atoms with Crippen LogP contribution in [0.1, 0.15) is 18.9 Å². The van der Waals surface area contributed by atoms with Crippen molar-refractivity contribution in [3.63, 3.8) is 0 Å². The Kier molecular flexibility index (Phi) is 5.05. The van der Waals surface area contributed by atoms with E-state index in [1.54, 1.807) is 6.20 Å². The van der Waals surface area contributed by atoms with Crippen LogP contribution in [0.4, 0.5) is 5.82 Å². The maximum Gasteiger partial charge on any atom is 0.147 e. The maximum atomic E-state index is 4.50. The first-order valence-electron chi connectivity index (χ1n) is 7.73. The van der Waals surface area contributed by atoms with Crippen LogP contribution in [0, 0.1) is 0 Å². The largest absolute Gasteiger partial charge is 0.351 e. The van der Waals surface area contributed by atoms with E-state index in [4.69, 9.17) is 0 Å². The molecular weight excluding hydrogens is 340 g/mol. The summed E-state index contributed by atoms with van der Waals surface area (Å²) in [6, 6.07) is 11.1. The molecule has 1 unspecified atom stereocenters. The minimum atomic E-state index is 0.432. The van der Waals surface area contributed by atoms with Gasteiger partial charge in [-0.1, -0.05) is 30.3 Å². The van der Waals surface area contributed by atoms with E-state index >= 15 is 0 Å². The van der Waals surface area contributed by atoms with Crippen LogP contribution in [0.3, 0.4) is 0 Å². The Bertz CT molecular complexity index is 587. The van der Waals surface area contributed by atoms with E-state index in [9.17, 15) is 0 Å². The molecule has 0 radical (unpaired) electrons. The van der Waals surface area contributed by atoms with Crippen molar-refractivity contribution in [2.75, 3.05) is 24.5 Å². The lowest BCUT2D eigenvalue weighted by molar-refractivity contribution is 0.268. The molecule has 0 amide bonds. The summed E-state index contributed by atoms with van der Waals surface area (Å²) in [7, 11) is 0. The Morgan fingerprint density at radius 2 is 1.95 bits per heavy atom. The van der Waals surface area contributed by atoms with Gasteiger partial charge in [-0.2, -0.15) is 0 Å². The molecule has 2 aromatic rings. The molecule has 1 aromatic carbocycles. The maximum absolute atomic E-state index is 4.50. The van der Waals surface area contributed by atoms with Gasteiger partial charge in [-0.3, -0.25) is 4.90 Å². The molecule has 0 spiro atoms. The van der Waals surface area contributed by atoms with E-state index < -0.39 is 0 Å². The number of rotatable bonds is 3. The zero-order valence-electron chi connectivity index (χ0n) is 12.8. The first-order chi connectivity index (χ1) is 10.7. The first-order valence-corrected chi connectivity index (χ1v) is 8.52. The van der Waals surface area contributed by atoms with Gasteiger partial charge in [0.05, 0.1) is 12.4 Å². The zero-order chi connectivity index (χ0) is 15.4. The highest BCUT2D eigenvalue weighted by Crippen LogP contribution is 2.19. The molecule has 5 heteroatoms. The standard InChI is InChI=1S/C17H21BrN4/c1-14-12-21(13-15-6-3-2-4-7-15)8-5-9-22(14)17-11-19-16(18)10-20-17/h2-4,6-7,10-11,14H,5,8-9,12-13H2,1H3. The molecule has 0 saturated carbocycles. The van der Waals surface area contributed by atoms with Crippen molar-refractivity contribution < 1.29 is 0 Å². The van der Waals surface area contributed by atoms with Gasteiger partial charge in [-0.05, 0) is 34.8 Å². The monoisotopic (exact) mass is 360 g/mol. The van der Waals surface area contributed by atoms with E-state index in [0.29, 0.717) is 6.04 Å².